The standard InChI is InChI=1S/C22H26FNO4/c1-4-8-19(17-9-6-5-7-10-17)24-22(26)15(2)28-21(25)14-16-11-12-20(27-3)18(23)13-16/h5-7,9-13,15,19H,4,8,14H2,1-3H3,(H,24,26)/t15-,19-/m0/s1. The van der Waals surface area contributed by atoms with E-state index < -0.39 is 17.9 Å². The van der Waals surface area contributed by atoms with Crippen LogP contribution < -0.4 is 10.1 Å². The van der Waals surface area contributed by atoms with Crippen LogP contribution in [0.1, 0.15) is 43.9 Å². The molecule has 5 nitrogen and oxygen atoms in total. The first-order valence-corrected chi connectivity index (χ1v) is 9.31. The molecular weight excluding hydrogens is 361 g/mol. The van der Waals surface area contributed by atoms with Crippen LogP contribution in [-0.4, -0.2) is 25.1 Å². The van der Waals surface area contributed by atoms with E-state index in [0.717, 1.165) is 18.4 Å². The highest BCUT2D eigenvalue weighted by Crippen LogP contribution is 2.19. The number of rotatable bonds is 9. The molecular formula is C22H26FNO4. The van der Waals surface area contributed by atoms with Crippen molar-refractivity contribution in [1.82, 2.24) is 5.32 Å². The Morgan fingerprint density at radius 1 is 1.14 bits per heavy atom. The Kier molecular flexibility index (Phi) is 7.99. The van der Waals surface area contributed by atoms with E-state index in [1.807, 2.05) is 37.3 Å². The van der Waals surface area contributed by atoms with Crippen LogP contribution in [-0.2, 0) is 20.7 Å². The molecule has 2 aromatic carbocycles. The van der Waals surface area contributed by atoms with Gasteiger partial charge in [0, 0.05) is 0 Å². The van der Waals surface area contributed by atoms with Gasteiger partial charge in [-0.05, 0) is 36.6 Å². The van der Waals surface area contributed by atoms with Crippen molar-refractivity contribution in [3.63, 3.8) is 0 Å². The fourth-order valence-corrected chi connectivity index (χ4v) is 2.86. The number of nitrogens with one attached hydrogen (secondary N) is 1. The summed E-state index contributed by atoms with van der Waals surface area (Å²) in [7, 11) is 1.37. The summed E-state index contributed by atoms with van der Waals surface area (Å²) in [5.41, 5.74) is 1.45. The minimum absolute atomic E-state index is 0.104. The van der Waals surface area contributed by atoms with Gasteiger partial charge in [0.25, 0.3) is 5.91 Å². The van der Waals surface area contributed by atoms with Crippen LogP contribution in [0.2, 0.25) is 0 Å². The van der Waals surface area contributed by atoms with E-state index in [0.29, 0.717) is 5.56 Å². The van der Waals surface area contributed by atoms with Gasteiger partial charge in [-0.1, -0.05) is 49.7 Å². The van der Waals surface area contributed by atoms with Crippen molar-refractivity contribution in [2.24, 2.45) is 0 Å². The van der Waals surface area contributed by atoms with Crippen molar-refractivity contribution in [3.8, 4) is 5.75 Å². The summed E-state index contributed by atoms with van der Waals surface area (Å²) < 4.78 is 23.8. The Morgan fingerprint density at radius 2 is 1.86 bits per heavy atom. The number of methoxy groups -OCH3 is 1. The number of carbonyl (C=O) groups excluding carboxylic acids is 2. The molecule has 0 heterocycles. The highest BCUT2D eigenvalue weighted by atomic mass is 19.1. The number of esters is 1. The molecule has 0 saturated carbocycles. The monoisotopic (exact) mass is 387 g/mol. The van der Waals surface area contributed by atoms with Crippen molar-refractivity contribution in [2.75, 3.05) is 7.11 Å². The molecule has 0 saturated heterocycles. The number of amides is 1. The van der Waals surface area contributed by atoms with Crippen LogP contribution in [0.3, 0.4) is 0 Å². The maximum absolute atomic E-state index is 13.7. The van der Waals surface area contributed by atoms with E-state index >= 15 is 0 Å². The first-order chi connectivity index (χ1) is 13.4. The lowest BCUT2D eigenvalue weighted by Gasteiger charge is -2.21. The van der Waals surface area contributed by atoms with Crippen molar-refractivity contribution >= 4 is 11.9 Å². The minimum atomic E-state index is -0.946. The van der Waals surface area contributed by atoms with Gasteiger partial charge in [0.15, 0.2) is 17.7 Å². The molecule has 0 radical (unpaired) electrons. The van der Waals surface area contributed by atoms with E-state index in [1.165, 1.54) is 26.2 Å². The van der Waals surface area contributed by atoms with E-state index in [9.17, 15) is 14.0 Å². The highest BCUT2D eigenvalue weighted by Gasteiger charge is 2.22. The molecule has 6 heteroatoms. The van der Waals surface area contributed by atoms with Crippen molar-refractivity contribution in [1.29, 1.82) is 0 Å². The van der Waals surface area contributed by atoms with E-state index in [1.54, 1.807) is 6.07 Å². The third-order valence-corrected chi connectivity index (χ3v) is 4.34. The number of carbonyl (C=O) groups is 2. The van der Waals surface area contributed by atoms with E-state index in [4.69, 9.17) is 9.47 Å². The van der Waals surface area contributed by atoms with Gasteiger partial charge < -0.3 is 14.8 Å². The van der Waals surface area contributed by atoms with Gasteiger partial charge in [0.2, 0.25) is 0 Å². The third-order valence-electron chi connectivity index (χ3n) is 4.34. The molecule has 0 spiro atoms. The Morgan fingerprint density at radius 3 is 2.46 bits per heavy atom. The normalized spacial score (nSPS) is 12.7. The molecule has 0 aliphatic heterocycles. The number of hydrogen-bond donors (Lipinski definition) is 1. The average Bonchev–Trinajstić information content (AvgIpc) is 2.68. The van der Waals surface area contributed by atoms with Gasteiger partial charge in [-0.15, -0.1) is 0 Å². The Balaban J connectivity index is 1.93. The lowest BCUT2D eigenvalue weighted by Crippen LogP contribution is -2.38. The van der Waals surface area contributed by atoms with Crippen LogP contribution in [0.15, 0.2) is 48.5 Å². The summed E-state index contributed by atoms with van der Waals surface area (Å²) in [6.45, 7) is 3.56. The molecule has 0 aliphatic carbocycles. The molecule has 1 N–H and O–H groups in total. The maximum atomic E-state index is 13.7. The zero-order valence-corrected chi connectivity index (χ0v) is 16.4. The second kappa shape index (κ2) is 10.4. The SMILES string of the molecule is CCC[C@H](NC(=O)[C@H](C)OC(=O)Cc1ccc(OC)c(F)c1)c1ccccc1. The van der Waals surface area contributed by atoms with Crippen molar-refractivity contribution in [3.05, 3.63) is 65.5 Å². The molecule has 2 rings (SSSR count). The molecule has 0 aromatic heterocycles. The van der Waals surface area contributed by atoms with Crippen LogP contribution in [0.4, 0.5) is 4.39 Å². The summed E-state index contributed by atoms with van der Waals surface area (Å²) in [6, 6.07) is 13.8. The second-order valence-corrected chi connectivity index (χ2v) is 6.54. The first-order valence-electron chi connectivity index (χ1n) is 9.31. The van der Waals surface area contributed by atoms with Gasteiger partial charge in [-0.2, -0.15) is 0 Å². The summed E-state index contributed by atoms with van der Waals surface area (Å²) in [4.78, 5) is 24.6. The Bertz CT molecular complexity index is 794. The van der Waals surface area contributed by atoms with Crippen LogP contribution in [0, 0.1) is 5.82 Å². The number of ether oxygens (including phenoxy) is 2. The van der Waals surface area contributed by atoms with Gasteiger partial charge >= 0.3 is 5.97 Å². The second-order valence-electron chi connectivity index (χ2n) is 6.54. The smallest absolute Gasteiger partial charge is 0.311 e. The average molecular weight is 387 g/mol. The largest absolute Gasteiger partial charge is 0.494 e. The van der Waals surface area contributed by atoms with Crippen molar-refractivity contribution in [2.45, 2.75) is 45.3 Å². The van der Waals surface area contributed by atoms with Crippen molar-refractivity contribution < 1.29 is 23.5 Å². The number of halogens is 1. The first kappa shape index (κ1) is 21.4. The predicted molar refractivity (Wildman–Crippen MR) is 104 cm³/mol. The molecule has 0 fully saturated rings. The summed E-state index contributed by atoms with van der Waals surface area (Å²) in [5, 5.41) is 2.93. The summed E-state index contributed by atoms with van der Waals surface area (Å²) in [6.07, 6.45) is 0.604. The third kappa shape index (κ3) is 6.08. The molecule has 0 unspecified atom stereocenters. The molecule has 2 atom stereocenters. The Hall–Kier alpha value is -2.89. The van der Waals surface area contributed by atoms with Crippen LogP contribution >= 0.6 is 0 Å². The molecule has 0 aliphatic rings. The zero-order valence-electron chi connectivity index (χ0n) is 16.4. The Labute approximate surface area is 164 Å². The highest BCUT2D eigenvalue weighted by molar-refractivity contribution is 5.84. The van der Waals surface area contributed by atoms with E-state index in [2.05, 4.69) is 5.32 Å². The number of hydrogen-bond acceptors (Lipinski definition) is 4. The molecule has 28 heavy (non-hydrogen) atoms. The lowest BCUT2D eigenvalue weighted by molar-refractivity contribution is -0.154. The lowest BCUT2D eigenvalue weighted by atomic mass is 10.0. The quantitative estimate of drug-likeness (QED) is 0.662. The molecule has 2 aromatic rings. The van der Waals surface area contributed by atoms with E-state index in [-0.39, 0.29) is 24.1 Å². The number of benzene rings is 2. The summed E-state index contributed by atoms with van der Waals surface area (Å²) in [5.74, 6) is -1.41. The minimum Gasteiger partial charge on any atom is -0.494 e. The molecule has 150 valence electrons. The van der Waals surface area contributed by atoms with Gasteiger partial charge in [0.1, 0.15) is 0 Å². The maximum Gasteiger partial charge on any atom is 0.311 e. The van der Waals surface area contributed by atoms with Gasteiger partial charge in [-0.3, -0.25) is 9.59 Å². The fraction of sp³-hybridized carbons (Fsp3) is 0.364. The topological polar surface area (TPSA) is 64.6 Å². The van der Waals surface area contributed by atoms with Crippen LogP contribution in [0.5, 0.6) is 5.75 Å². The molecule has 1 amide bonds. The van der Waals surface area contributed by atoms with Crippen LogP contribution in [0.25, 0.3) is 0 Å². The van der Waals surface area contributed by atoms with Gasteiger partial charge in [-0.25, -0.2) is 4.39 Å². The summed E-state index contributed by atoms with van der Waals surface area (Å²) >= 11 is 0. The molecule has 0 bridgehead atoms. The fourth-order valence-electron chi connectivity index (χ4n) is 2.86. The van der Waals surface area contributed by atoms with Gasteiger partial charge in [0.05, 0.1) is 19.6 Å². The zero-order chi connectivity index (χ0) is 20.5. The predicted octanol–water partition coefficient (Wildman–Crippen LogP) is 3.97.